The molecule has 1 aliphatic heterocycles. The van der Waals surface area contributed by atoms with Crippen molar-refractivity contribution in [1.29, 1.82) is 0 Å². The summed E-state index contributed by atoms with van der Waals surface area (Å²) in [6.45, 7) is 4.30. The van der Waals surface area contributed by atoms with Crippen molar-refractivity contribution in [3.8, 4) is 0 Å². The van der Waals surface area contributed by atoms with Crippen LogP contribution in [0.2, 0.25) is 20.1 Å². The van der Waals surface area contributed by atoms with Gasteiger partial charge >= 0.3 is 0 Å². The Hall–Kier alpha value is -0.850. The quantitative estimate of drug-likeness (QED) is 0.409. The van der Waals surface area contributed by atoms with Crippen LogP contribution in [-0.2, 0) is 4.79 Å². The highest BCUT2D eigenvalue weighted by Crippen LogP contribution is 2.35. The van der Waals surface area contributed by atoms with Gasteiger partial charge in [-0.15, -0.1) is 0 Å². The van der Waals surface area contributed by atoms with Crippen molar-refractivity contribution in [2.75, 3.05) is 26.7 Å². The SMILES string of the molecule is CC[N+]1(C)CC[C@@](O)(/C=C/c2ccc(Cl)c(Cl)c2)[C@H](C(=O)/C=C/c2ccc(Cl)c(Cl)c2)C1.[Br-]. The first-order valence-electron chi connectivity index (χ1n) is 10.4. The zero-order chi connectivity index (χ0) is 23.5. The van der Waals surface area contributed by atoms with Crippen LogP contribution in [0.3, 0.4) is 0 Å². The second-order valence-electron chi connectivity index (χ2n) is 8.55. The number of rotatable bonds is 6. The Bertz CT molecular complexity index is 1070. The summed E-state index contributed by atoms with van der Waals surface area (Å²) in [5, 5.41) is 13.3. The number of piperidine rings is 1. The molecule has 1 N–H and O–H groups in total. The summed E-state index contributed by atoms with van der Waals surface area (Å²) in [4.78, 5) is 13.3. The molecule has 33 heavy (non-hydrogen) atoms. The van der Waals surface area contributed by atoms with Crippen LogP contribution in [0.15, 0.2) is 48.6 Å². The minimum atomic E-state index is -1.27. The van der Waals surface area contributed by atoms with E-state index in [1.165, 1.54) is 6.08 Å². The Labute approximate surface area is 225 Å². The zero-order valence-electron chi connectivity index (χ0n) is 18.4. The lowest BCUT2D eigenvalue weighted by Crippen LogP contribution is -3.00. The van der Waals surface area contributed by atoms with E-state index in [2.05, 4.69) is 14.0 Å². The lowest BCUT2D eigenvalue weighted by Gasteiger charge is -2.46. The molecule has 2 aromatic carbocycles. The second kappa shape index (κ2) is 11.7. The number of carbonyl (C=O) groups is 1. The lowest BCUT2D eigenvalue weighted by atomic mass is 9.76. The van der Waals surface area contributed by atoms with Crippen LogP contribution in [0.1, 0.15) is 24.5 Å². The molecule has 0 spiro atoms. The monoisotopic (exact) mass is 591 g/mol. The Kier molecular flexibility index (Phi) is 10.1. The van der Waals surface area contributed by atoms with Crippen LogP contribution < -0.4 is 17.0 Å². The van der Waals surface area contributed by atoms with Gasteiger partial charge in [0.1, 0.15) is 11.5 Å². The zero-order valence-corrected chi connectivity index (χ0v) is 23.0. The van der Waals surface area contributed by atoms with Gasteiger partial charge in [-0.1, -0.05) is 76.8 Å². The van der Waals surface area contributed by atoms with Crippen LogP contribution in [0.25, 0.3) is 12.2 Å². The van der Waals surface area contributed by atoms with Crippen molar-refractivity contribution < 1.29 is 31.4 Å². The molecule has 3 rings (SSSR count). The first-order chi connectivity index (χ1) is 15.0. The topological polar surface area (TPSA) is 37.3 Å². The summed E-state index contributed by atoms with van der Waals surface area (Å²) in [7, 11) is 2.12. The Balaban J connectivity index is 0.00000385. The summed E-state index contributed by atoms with van der Waals surface area (Å²) in [6.07, 6.45) is 7.23. The molecule has 0 aromatic heterocycles. The maximum atomic E-state index is 13.3. The van der Waals surface area contributed by atoms with E-state index in [-0.39, 0.29) is 22.8 Å². The number of hydrogen-bond acceptors (Lipinski definition) is 2. The fourth-order valence-corrected chi connectivity index (χ4v) is 4.52. The van der Waals surface area contributed by atoms with Crippen LogP contribution in [0.4, 0.5) is 0 Å². The molecule has 1 heterocycles. The lowest BCUT2D eigenvalue weighted by molar-refractivity contribution is -0.916. The molecule has 0 amide bonds. The second-order valence-corrected chi connectivity index (χ2v) is 10.2. The largest absolute Gasteiger partial charge is 1.00 e. The number of ketones is 1. The first kappa shape index (κ1) is 28.4. The van der Waals surface area contributed by atoms with Gasteiger partial charge in [0.05, 0.1) is 46.8 Å². The Morgan fingerprint density at radius 2 is 1.58 bits per heavy atom. The number of carbonyl (C=O) groups excluding carboxylic acids is 1. The Morgan fingerprint density at radius 1 is 1.03 bits per heavy atom. The number of allylic oxidation sites excluding steroid dienone is 1. The van der Waals surface area contributed by atoms with Crippen molar-refractivity contribution in [1.82, 2.24) is 0 Å². The van der Waals surface area contributed by atoms with E-state index in [9.17, 15) is 9.90 Å². The Morgan fingerprint density at radius 3 is 2.09 bits per heavy atom. The molecule has 1 aliphatic rings. The molecule has 0 aliphatic carbocycles. The first-order valence-corrected chi connectivity index (χ1v) is 11.9. The number of nitrogens with zero attached hydrogens (tertiary/aromatic N) is 1. The summed E-state index contributed by atoms with van der Waals surface area (Å²) in [5.41, 5.74) is 0.313. The third-order valence-electron chi connectivity index (χ3n) is 6.28. The number of likely N-dealkylation sites (tertiary alicyclic amines) is 1. The van der Waals surface area contributed by atoms with E-state index in [0.717, 1.165) is 28.7 Å². The number of hydrogen-bond donors (Lipinski definition) is 1. The van der Waals surface area contributed by atoms with Gasteiger partial charge < -0.3 is 26.6 Å². The van der Waals surface area contributed by atoms with E-state index in [1.807, 2.05) is 6.07 Å². The molecule has 3 nitrogen and oxygen atoms in total. The normalized spacial score (nSPS) is 25.4. The average molecular weight is 594 g/mol. The van der Waals surface area contributed by atoms with E-state index in [4.69, 9.17) is 46.4 Å². The molecule has 178 valence electrons. The molecule has 1 unspecified atom stereocenters. The molecule has 0 radical (unpaired) electrons. The minimum absolute atomic E-state index is 0. The van der Waals surface area contributed by atoms with Gasteiger partial charge in [-0.05, 0) is 48.4 Å². The highest BCUT2D eigenvalue weighted by Gasteiger charge is 2.48. The number of aliphatic hydroxyl groups is 1. The standard InChI is InChI=1S/C25H26Cl4NO2.BrH/c1-3-30(2)13-12-25(32,11-10-18-5-8-21(27)23(29)15-18)19(16-30)24(31)9-6-17-4-7-20(26)22(28)14-17;/h4-11,14-15,19,32H,3,12-13,16H2,1-2H3;1H/q+1;/p-1/b9-6+,11-10+;/t19-,25-,30?;/m0./s1. The third kappa shape index (κ3) is 7.08. The van der Waals surface area contributed by atoms with Gasteiger partial charge in [0, 0.05) is 6.42 Å². The van der Waals surface area contributed by atoms with Crippen LogP contribution in [-0.4, -0.2) is 47.7 Å². The molecule has 8 heteroatoms. The summed E-state index contributed by atoms with van der Waals surface area (Å²) in [6, 6.07) is 10.5. The predicted octanol–water partition coefficient (Wildman–Crippen LogP) is 3.82. The summed E-state index contributed by atoms with van der Waals surface area (Å²) >= 11 is 24.2. The number of quaternary nitrogens is 1. The van der Waals surface area contributed by atoms with Gasteiger partial charge in [0.25, 0.3) is 0 Å². The van der Waals surface area contributed by atoms with Crippen molar-refractivity contribution in [3.05, 3.63) is 79.8 Å². The van der Waals surface area contributed by atoms with Gasteiger partial charge in [-0.3, -0.25) is 4.79 Å². The molecular weight excluding hydrogens is 568 g/mol. The minimum Gasteiger partial charge on any atom is -1.00 e. The fourth-order valence-electron chi connectivity index (χ4n) is 3.90. The van der Waals surface area contributed by atoms with Crippen LogP contribution in [0, 0.1) is 5.92 Å². The molecule has 1 fully saturated rings. The van der Waals surface area contributed by atoms with E-state index in [0.29, 0.717) is 33.1 Å². The number of benzene rings is 2. The van der Waals surface area contributed by atoms with E-state index >= 15 is 0 Å². The van der Waals surface area contributed by atoms with Crippen molar-refractivity contribution >= 4 is 64.3 Å². The molecule has 3 atom stereocenters. The molecule has 0 bridgehead atoms. The fraction of sp³-hybridized carbons (Fsp3) is 0.320. The molecular formula is C25H26BrCl4NO2. The maximum Gasteiger partial charge on any atom is 0.167 e. The summed E-state index contributed by atoms with van der Waals surface area (Å²) in [5.74, 6) is -0.714. The highest BCUT2D eigenvalue weighted by atomic mass is 79.9. The highest BCUT2D eigenvalue weighted by molar-refractivity contribution is 6.42. The van der Waals surface area contributed by atoms with Gasteiger partial charge in [0.2, 0.25) is 0 Å². The van der Waals surface area contributed by atoms with Crippen molar-refractivity contribution in [2.45, 2.75) is 18.9 Å². The van der Waals surface area contributed by atoms with Gasteiger partial charge in [-0.25, -0.2) is 0 Å². The predicted molar refractivity (Wildman–Crippen MR) is 136 cm³/mol. The van der Waals surface area contributed by atoms with Crippen molar-refractivity contribution in [3.63, 3.8) is 0 Å². The molecule has 0 saturated carbocycles. The molecule has 1 saturated heterocycles. The van der Waals surface area contributed by atoms with Gasteiger partial charge in [0.15, 0.2) is 5.78 Å². The number of halogens is 5. The van der Waals surface area contributed by atoms with Crippen LogP contribution in [0.5, 0.6) is 0 Å². The van der Waals surface area contributed by atoms with Gasteiger partial charge in [-0.2, -0.15) is 0 Å². The maximum absolute atomic E-state index is 13.3. The van der Waals surface area contributed by atoms with Crippen molar-refractivity contribution in [2.24, 2.45) is 5.92 Å². The smallest absolute Gasteiger partial charge is 0.167 e. The van der Waals surface area contributed by atoms with E-state index in [1.54, 1.807) is 48.6 Å². The molecule has 2 aromatic rings. The summed E-state index contributed by atoms with van der Waals surface area (Å²) < 4.78 is 0.722. The average Bonchev–Trinajstić information content (AvgIpc) is 2.77. The van der Waals surface area contributed by atoms with Crippen LogP contribution >= 0.6 is 46.4 Å². The third-order valence-corrected chi connectivity index (χ3v) is 7.76. The van der Waals surface area contributed by atoms with E-state index < -0.39 is 11.5 Å².